The van der Waals surface area contributed by atoms with E-state index in [0.29, 0.717) is 0 Å². The van der Waals surface area contributed by atoms with E-state index in [0.717, 1.165) is 16.8 Å². The number of carboxylic acids is 1. The van der Waals surface area contributed by atoms with E-state index in [2.05, 4.69) is 0 Å². The van der Waals surface area contributed by atoms with Crippen LogP contribution in [0.5, 0.6) is 0 Å². The Morgan fingerprint density at radius 2 is 2.05 bits per heavy atom. The Bertz CT molecular complexity index is 624. The Kier molecular flexibility index (Phi) is 3.72. The molecule has 10 nitrogen and oxygen atoms in total. The predicted octanol–water partition coefficient (Wildman–Crippen LogP) is -3.43. The molecule has 1 aromatic rings. The third kappa shape index (κ3) is 2.36. The third-order valence-electron chi connectivity index (χ3n) is 3.04. The van der Waals surface area contributed by atoms with Gasteiger partial charge in [-0.05, 0) is 0 Å². The van der Waals surface area contributed by atoms with Gasteiger partial charge in [0.15, 0.2) is 6.23 Å². The summed E-state index contributed by atoms with van der Waals surface area (Å²) in [5.41, 5.74) is 3.83. The average molecular weight is 287 g/mol. The van der Waals surface area contributed by atoms with Crippen LogP contribution in [-0.4, -0.2) is 55.2 Å². The van der Waals surface area contributed by atoms with Crippen LogP contribution in [0, 0.1) is 0 Å². The van der Waals surface area contributed by atoms with Crippen LogP contribution in [0.15, 0.2) is 21.9 Å². The number of aromatic amines is 1. The largest absolute Gasteiger partial charge is 0.480 e. The molecule has 5 atom stereocenters. The molecule has 0 amide bonds. The highest BCUT2D eigenvalue weighted by molar-refractivity contribution is 5.74. The molecule has 110 valence electrons. The number of nitrogens with one attached hydrogen (secondary N) is 1. The van der Waals surface area contributed by atoms with Crippen molar-refractivity contribution in [2.24, 2.45) is 5.73 Å². The van der Waals surface area contributed by atoms with Gasteiger partial charge in [0.1, 0.15) is 24.4 Å². The molecule has 10 heteroatoms. The second kappa shape index (κ2) is 5.17. The zero-order valence-corrected chi connectivity index (χ0v) is 10.0. The van der Waals surface area contributed by atoms with Crippen molar-refractivity contribution in [1.29, 1.82) is 0 Å². The number of nitrogens with two attached hydrogens (primary N) is 1. The molecule has 0 aromatic carbocycles. The van der Waals surface area contributed by atoms with Crippen molar-refractivity contribution in [3.63, 3.8) is 0 Å². The zero-order valence-electron chi connectivity index (χ0n) is 10.0. The molecule has 0 saturated carbocycles. The first-order valence-corrected chi connectivity index (χ1v) is 5.64. The molecule has 1 unspecified atom stereocenters. The van der Waals surface area contributed by atoms with Gasteiger partial charge < -0.3 is 25.8 Å². The van der Waals surface area contributed by atoms with Gasteiger partial charge in [0.2, 0.25) is 0 Å². The molecular formula is C10H13N3O7. The van der Waals surface area contributed by atoms with Crippen LogP contribution in [0.2, 0.25) is 0 Å². The molecule has 2 heterocycles. The van der Waals surface area contributed by atoms with Crippen LogP contribution in [0.3, 0.4) is 0 Å². The van der Waals surface area contributed by atoms with Crippen LogP contribution in [0.25, 0.3) is 0 Å². The van der Waals surface area contributed by atoms with Crippen molar-refractivity contribution in [3.8, 4) is 0 Å². The van der Waals surface area contributed by atoms with Gasteiger partial charge in [-0.2, -0.15) is 0 Å². The molecule has 1 aliphatic rings. The minimum absolute atomic E-state index is 0.641. The van der Waals surface area contributed by atoms with E-state index >= 15 is 0 Å². The lowest BCUT2D eigenvalue weighted by Gasteiger charge is -2.18. The number of rotatable bonds is 3. The highest BCUT2D eigenvalue weighted by Gasteiger charge is 2.48. The first kappa shape index (κ1) is 14.4. The third-order valence-corrected chi connectivity index (χ3v) is 3.04. The van der Waals surface area contributed by atoms with Gasteiger partial charge in [-0.25, -0.2) is 4.79 Å². The number of hydrogen-bond donors (Lipinski definition) is 5. The first-order valence-electron chi connectivity index (χ1n) is 5.64. The molecule has 1 aliphatic heterocycles. The van der Waals surface area contributed by atoms with Crippen LogP contribution >= 0.6 is 0 Å². The fourth-order valence-electron chi connectivity index (χ4n) is 1.98. The number of aromatic nitrogens is 2. The summed E-state index contributed by atoms with van der Waals surface area (Å²) >= 11 is 0. The van der Waals surface area contributed by atoms with Crippen LogP contribution in [0.4, 0.5) is 0 Å². The number of ether oxygens (including phenoxy) is 1. The maximum Gasteiger partial charge on any atom is 0.330 e. The molecule has 20 heavy (non-hydrogen) atoms. The fraction of sp³-hybridized carbons (Fsp3) is 0.500. The molecule has 1 fully saturated rings. The van der Waals surface area contributed by atoms with E-state index in [1.807, 2.05) is 4.98 Å². The zero-order chi connectivity index (χ0) is 15.0. The SMILES string of the molecule is N[C@H](C(=O)O)C1O[C@@H](n2ccc(=O)[nH]c2=O)[C@H](O)[C@@H]1O. The second-order valence-electron chi connectivity index (χ2n) is 4.35. The van der Waals surface area contributed by atoms with Crippen molar-refractivity contribution < 1.29 is 24.9 Å². The molecular weight excluding hydrogens is 274 g/mol. The van der Waals surface area contributed by atoms with Gasteiger partial charge in [0, 0.05) is 12.3 Å². The van der Waals surface area contributed by atoms with E-state index in [-0.39, 0.29) is 0 Å². The van der Waals surface area contributed by atoms with Crippen LogP contribution in [0.1, 0.15) is 6.23 Å². The minimum atomic E-state index is -1.58. The predicted molar refractivity (Wildman–Crippen MR) is 62.9 cm³/mol. The highest BCUT2D eigenvalue weighted by atomic mass is 16.6. The van der Waals surface area contributed by atoms with Crippen LogP contribution in [-0.2, 0) is 9.53 Å². The van der Waals surface area contributed by atoms with Crippen molar-refractivity contribution >= 4 is 5.97 Å². The maximum atomic E-state index is 11.6. The van der Waals surface area contributed by atoms with E-state index in [9.17, 15) is 24.6 Å². The molecule has 2 rings (SSSR count). The molecule has 0 aliphatic carbocycles. The summed E-state index contributed by atoms with van der Waals surface area (Å²) in [5, 5.41) is 28.4. The smallest absolute Gasteiger partial charge is 0.330 e. The van der Waals surface area contributed by atoms with Crippen molar-refractivity contribution in [2.45, 2.75) is 30.6 Å². The highest BCUT2D eigenvalue weighted by Crippen LogP contribution is 2.29. The lowest BCUT2D eigenvalue weighted by molar-refractivity contribution is -0.144. The number of aliphatic hydroxyl groups excluding tert-OH is 2. The number of carboxylic acid groups (broad SMARTS) is 1. The van der Waals surface area contributed by atoms with E-state index in [1.165, 1.54) is 0 Å². The number of H-pyrrole nitrogens is 1. The monoisotopic (exact) mass is 287 g/mol. The summed E-state index contributed by atoms with van der Waals surface area (Å²) < 4.78 is 5.99. The molecule has 1 aromatic heterocycles. The van der Waals surface area contributed by atoms with Crippen molar-refractivity contribution in [3.05, 3.63) is 33.1 Å². The summed E-state index contributed by atoms with van der Waals surface area (Å²) in [7, 11) is 0. The number of nitrogens with zero attached hydrogens (tertiary/aromatic N) is 1. The first-order chi connectivity index (χ1) is 9.32. The maximum absolute atomic E-state index is 11.6. The standard InChI is InChI=1S/C10H13N3O7/c11-4(9(17)18)7-5(15)6(16)8(20-7)13-2-1-3(14)12-10(13)19/h1-2,4-8,15-16H,11H2,(H,17,18)(H,12,14,19)/t4-,5-,6+,7?,8+/m0/s1. The number of carbonyl (C=O) groups is 1. The quantitative estimate of drug-likeness (QED) is 0.382. The van der Waals surface area contributed by atoms with Gasteiger partial charge in [0.25, 0.3) is 5.56 Å². The molecule has 6 N–H and O–H groups in total. The fourth-order valence-corrected chi connectivity index (χ4v) is 1.98. The topological polar surface area (TPSA) is 168 Å². The Balaban J connectivity index is 2.33. The number of aliphatic carboxylic acids is 1. The van der Waals surface area contributed by atoms with Gasteiger partial charge in [-0.1, -0.05) is 0 Å². The summed E-state index contributed by atoms with van der Waals surface area (Å²) in [6.07, 6.45) is -4.80. The normalized spacial score (nSPS) is 31.1. The Morgan fingerprint density at radius 3 is 2.60 bits per heavy atom. The van der Waals surface area contributed by atoms with Gasteiger partial charge in [-0.3, -0.25) is 19.1 Å². The molecule has 0 spiro atoms. The Morgan fingerprint density at radius 1 is 1.40 bits per heavy atom. The molecule has 1 saturated heterocycles. The van der Waals surface area contributed by atoms with E-state index in [4.69, 9.17) is 15.6 Å². The van der Waals surface area contributed by atoms with E-state index in [1.54, 1.807) is 0 Å². The number of aliphatic hydroxyl groups is 2. The summed E-state index contributed by atoms with van der Waals surface area (Å²) in [6.45, 7) is 0. The molecule has 0 bridgehead atoms. The second-order valence-corrected chi connectivity index (χ2v) is 4.35. The lowest BCUT2D eigenvalue weighted by Crippen LogP contribution is -2.48. The van der Waals surface area contributed by atoms with Gasteiger partial charge in [0.05, 0.1) is 0 Å². The van der Waals surface area contributed by atoms with Gasteiger partial charge >= 0.3 is 11.7 Å². The number of hydrogen-bond acceptors (Lipinski definition) is 7. The Hall–Kier alpha value is -2.01. The Labute approximate surface area is 111 Å². The van der Waals surface area contributed by atoms with E-state index < -0.39 is 47.8 Å². The summed E-state index contributed by atoms with van der Waals surface area (Å²) in [5.74, 6) is -1.42. The summed E-state index contributed by atoms with van der Waals surface area (Å²) in [6, 6.07) is -0.544. The lowest BCUT2D eigenvalue weighted by atomic mass is 10.0. The van der Waals surface area contributed by atoms with Crippen LogP contribution < -0.4 is 17.0 Å². The van der Waals surface area contributed by atoms with Crippen molar-refractivity contribution in [2.75, 3.05) is 0 Å². The molecule has 0 radical (unpaired) electrons. The van der Waals surface area contributed by atoms with Gasteiger partial charge in [-0.15, -0.1) is 0 Å². The minimum Gasteiger partial charge on any atom is -0.480 e. The average Bonchev–Trinajstić information content (AvgIpc) is 2.66. The summed E-state index contributed by atoms with van der Waals surface area (Å²) in [4.78, 5) is 35.3. The van der Waals surface area contributed by atoms with Crippen molar-refractivity contribution in [1.82, 2.24) is 9.55 Å².